The molecule has 2 rings (SSSR count). The Morgan fingerprint density at radius 1 is 1.22 bits per heavy atom. The molecular formula is C15H10F4INO2. The Morgan fingerprint density at radius 2 is 1.78 bits per heavy atom. The first kappa shape index (κ1) is 17.5. The van der Waals surface area contributed by atoms with Gasteiger partial charge in [-0.15, -0.1) is 0 Å². The van der Waals surface area contributed by atoms with Gasteiger partial charge >= 0.3 is 12.1 Å². The van der Waals surface area contributed by atoms with Crippen LogP contribution in [0.5, 0.6) is 0 Å². The molecule has 23 heavy (non-hydrogen) atoms. The van der Waals surface area contributed by atoms with Crippen LogP contribution in [-0.4, -0.2) is 13.1 Å². The molecule has 0 atom stereocenters. The molecule has 3 nitrogen and oxygen atoms in total. The van der Waals surface area contributed by atoms with Crippen molar-refractivity contribution in [2.45, 2.75) is 6.18 Å². The largest absolute Gasteiger partial charge is 0.465 e. The summed E-state index contributed by atoms with van der Waals surface area (Å²) in [6.45, 7) is 0. The second kappa shape index (κ2) is 6.34. The van der Waals surface area contributed by atoms with Crippen LogP contribution in [0.4, 0.5) is 23.2 Å². The third-order valence-electron chi connectivity index (χ3n) is 3.15. The van der Waals surface area contributed by atoms with Crippen LogP contribution >= 0.6 is 22.6 Å². The first-order chi connectivity index (χ1) is 10.7. The van der Waals surface area contributed by atoms with E-state index in [2.05, 4.69) is 4.74 Å². The van der Waals surface area contributed by atoms with E-state index in [0.717, 1.165) is 19.2 Å². The number of nitrogens with two attached hydrogens (primary N) is 1. The molecule has 0 unspecified atom stereocenters. The zero-order valence-corrected chi connectivity index (χ0v) is 13.8. The number of anilines is 1. The Labute approximate surface area is 142 Å². The summed E-state index contributed by atoms with van der Waals surface area (Å²) in [6, 6.07) is 5.20. The van der Waals surface area contributed by atoms with Crippen molar-refractivity contribution >= 4 is 34.2 Å². The van der Waals surface area contributed by atoms with Gasteiger partial charge in [-0.2, -0.15) is 13.2 Å². The number of halogens is 5. The molecule has 0 heterocycles. The average molecular weight is 439 g/mol. The Hall–Kier alpha value is -1.84. The van der Waals surface area contributed by atoms with Crippen molar-refractivity contribution < 1.29 is 27.1 Å². The van der Waals surface area contributed by atoms with Gasteiger partial charge in [-0.05, 0) is 46.4 Å². The van der Waals surface area contributed by atoms with Crippen LogP contribution in [0.15, 0.2) is 30.3 Å². The minimum atomic E-state index is -4.72. The number of rotatable bonds is 2. The smallest absolute Gasteiger partial charge is 0.417 e. The van der Waals surface area contributed by atoms with Gasteiger partial charge in [-0.3, -0.25) is 0 Å². The maximum Gasteiger partial charge on any atom is 0.417 e. The van der Waals surface area contributed by atoms with Gasteiger partial charge in [0.2, 0.25) is 0 Å². The number of ether oxygens (including phenoxy) is 1. The number of carbonyl (C=O) groups excluding carboxylic acids is 1. The lowest BCUT2D eigenvalue weighted by Crippen LogP contribution is -2.15. The number of hydrogen-bond acceptors (Lipinski definition) is 3. The van der Waals surface area contributed by atoms with Crippen molar-refractivity contribution in [3.8, 4) is 11.1 Å². The lowest BCUT2D eigenvalue weighted by atomic mass is 9.95. The fourth-order valence-corrected chi connectivity index (χ4v) is 2.96. The number of alkyl halides is 3. The van der Waals surface area contributed by atoms with Crippen molar-refractivity contribution in [1.29, 1.82) is 0 Å². The van der Waals surface area contributed by atoms with Crippen molar-refractivity contribution in [1.82, 2.24) is 0 Å². The summed E-state index contributed by atoms with van der Waals surface area (Å²) < 4.78 is 57.7. The second-order valence-electron chi connectivity index (χ2n) is 4.57. The number of hydrogen-bond donors (Lipinski definition) is 1. The van der Waals surface area contributed by atoms with Crippen LogP contribution in [-0.2, 0) is 10.9 Å². The summed E-state index contributed by atoms with van der Waals surface area (Å²) in [4.78, 5) is 11.6. The van der Waals surface area contributed by atoms with Gasteiger partial charge in [0.25, 0.3) is 0 Å². The fraction of sp³-hybridized carbons (Fsp3) is 0.133. The summed E-state index contributed by atoms with van der Waals surface area (Å²) in [5.41, 5.74) is 4.20. The van der Waals surface area contributed by atoms with Gasteiger partial charge in [0.1, 0.15) is 5.82 Å². The third kappa shape index (κ3) is 3.41. The molecule has 0 radical (unpaired) electrons. The average Bonchev–Trinajstić information content (AvgIpc) is 2.49. The quantitative estimate of drug-likeness (QED) is 0.325. The molecule has 0 aliphatic heterocycles. The van der Waals surface area contributed by atoms with Crippen molar-refractivity contribution in [3.63, 3.8) is 0 Å². The van der Waals surface area contributed by atoms with Crippen LogP contribution in [0.25, 0.3) is 11.1 Å². The molecule has 0 bridgehead atoms. The summed E-state index contributed by atoms with van der Waals surface area (Å²) in [5, 5.41) is 0. The van der Waals surface area contributed by atoms with Crippen molar-refractivity contribution in [3.05, 3.63) is 50.8 Å². The number of benzene rings is 2. The van der Waals surface area contributed by atoms with E-state index >= 15 is 0 Å². The molecule has 0 saturated heterocycles. The lowest BCUT2D eigenvalue weighted by Gasteiger charge is -2.18. The number of esters is 1. The Balaban J connectivity index is 2.82. The van der Waals surface area contributed by atoms with Crippen LogP contribution in [0.1, 0.15) is 15.9 Å². The SMILES string of the molecule is COC(=O)c1cc(C(F)(F)F)c(-c2ccc(F)cc2)c(I)c1N. The molecule has 122 valence electrons. The molecule has 0 aliphatic rings. The van der Waals surface area contributed by atoms with E-state index in [1.807, 2.05) is 0 Å². The molecule has 0 saturated carbocycles. The summed E-state index contributed by atoms with van der Waals surface area (Å²) >= 11 is 1.63. The monoisotopic (exact) mass is 439 g/mol. The minimum Gasteiger partial charge on any atom is -0.465 e. The maximum absolute atomic E-state index is 13.4. The van der Waals surface area contributed by atoms with Gasteiger partial charge in [0, 0.05) is 9.13 Å². The molecule has 0 aliphatic carbocycles. The minimum absolute atomic E-state index is 0.0458. The summed E-state index contributed by atoms with van der Waals surface area (Å²) in [5.74, 6) is -1.53. The first-order valence-corrected chi connectivity index (χ1v) is 7.28. The molecule has 2 N–H and O–H groups in total. The van der Waals surface area contributed by atoms with E-state index in [-0.39, 0.29) is 25.9 Å². The third-order valence-corrected chi connectivity index (χ3v) is 4.27. The van der Waals surface area contributed by atoms with Crippen molar-refractivity contribution in [2.75, 3.05) is 12.8 Å². The van der Waals surface area contributed by atoms with Gasteiger partial charge in [0.05, 0.1) is 23.9 Å². The molecular weight excluding hydrogens is 429 g/mol. The topological polar surface area (TPSA) is 52.3 Å². The second-order valence-corrected chi connectivity index (χ2v) is 5.65. The van der Waals surface area contributed by atoms with E-state index < -0.39 is 23.5 Å². The molecule has 0 amide bonds. The molecule has 8 heteroatoms. The predicted molar refractivity (Wildman–Crippen MR) is 85.3 cm³/mol. The highest BCUT2D eigenvalue weighted by molar-refractivity contribution is 14.1. The first-order valence-electron chi connectivity index (χ1n) is 6.20. The zero-order chi connectivity index (χ0) is 17.4. The van der Waals surface area contributed by atoms with Gasteiger partial charge in [-0.1, -0.05) is 12.1 Å². The van der Waals surface area contributed by atoms with Gasteiger partial charge in [-0.25, -0.2) is 9.18 Å². The van der Waals surface area contributed by atoms with E-state index in [0.29, 0.717) is 6.07 Å². The van der Waals surface area contributed by atoms with Crippen LogP contribution in [0.2, 0.25) is 0 Å². The van der Waals surface area contributed by atoms with Crippen molar-refractivity contribution in [2.24, 2.45) is 0 Å². The van der Waals surface area contributed by atoms with E-state index in [1.165, 1.54) is 12.1 Å². The highest BCUT2D eigenvalue weighted by Crippen LogP contribution is 2.43. The number of methoxy groups -OCH3 is 1. The van der Waals surface area contributed by atoms with Crippen LogP contribution in [0, 0.1) is 9.39 Å². The van der Waals surface area contributed by atoms with E-state index in [4.69, 9.17) is 5.73 Å². The molecule has 0 aromatic heterocycles. The fourth-order valence-electron chi connectivity index (χ4n) is 2.07. The Bertz CT molecular complexity index is 758. The zero-order valence-electron chi connectivity index (χ0n) is 11.7. The molecule has 0 spiro atoms. The summed E-state index contributed by atoms with van der Waals surface area (Å²) in [6.07, 6.45) is -4.72. The number of carbonyl (C=O) groups is 1. The highest BCUT2D eigenvalue weighted by atomic mass is 127. The number of nitrogen functional groups attached to an aromatic ring is 1. The molecule has 2 aromatic rings. The van der Waals surface area contributed by atoms with Gasteiger partial charge in [0.15, 0.2) is 0 Å². The van der Waals surface area contributed by atoms with E-state index in [9.17, 15) is 22.4 Å². The highest BCUT2D eigenvalue weighted by Gasteiger charge is 2.37. The molecule has 2 aromatic carbocycles. The van der Waals surface area contributed by atoms with E-state index in [1.54, 1.807) is 22.6 Å². The Kier molecular flexibility index (Phi) is 4.83. The lowest BCUT2D eigenvalue weighted by molar-refractivity contribution is -0.137. The summed E-state index contributed by atoms with van der Waals surface area (Å²) in [7, 11) is 1.05. The predicted octanol–water partition coefficient (Wildman–Crippen LogP) is 4.48. The normalized spacial score (nSPS) is 11.4. The maximum atomic E-state index is 13.4. The van der Waals surface area contributed by atoms with Gasteiger partial charge < -0.3 is 10.5 Å². The molecule has 0 fully saturated rings. The standard InChI is InChI=1S/C15H10F4INO2/c1-23-14(22)9-6-10(15(17,18)19)11(12(20)13(9)21)7-2-4-8(16)5-3-7/h2-6H,21H2,1H3. The van der Waals surface area contributed by atoms with Crippen LogP contribution in [0.3, 0.4) is 0 Å². The van der Waals surface area contributed by atoms with Crippen LogP contribution < -0.4 is 5.73 Å². The Morgan fingerprint density at radius 3 is 2.26 bits per heavy atom.